The molecule has 0 saturated heterocycles. The van der Waals surface area contributed by atoms with Gasteiger partial charge in [0.2, 0.25) is 21.8 Å². The number of hydrogen-bond acceptors (Lipinski definition) is 5. The number of sulfonamides is 1. The number of methoxy groups -OCH3 is 1. The molecule has 0 aliphatic rings. The summed E-state index contributed by atoms with van der Waals surface area (Å²) in [6, 6.07) is 13.6. The Bertz CT molecular complexity index is 1100. The van der Waals surface area contributed by atoms with Crippen LogP contribution in [0.3, 0.4) is 0 Å². The second-order valence-electron chi connectivity index (χ2n) is 8.71. The predicted molar refractivity (Wildman–Crippen MR) is 139 cm³/mol. The van der Waals surface area contributed by atoms with Crippen LogP contribution in [0.4, 0.5) is 5.69 Å². The van der Waals surface area contributed by atoms with Gasteiger partial charge >= 0.3 is 0 Å². The minimum absolute atomic E-state index is 0.134. The van der Waals surface area contributed by atoms with Crippen molar-refractivity contribution in [2.24, 2.45) is 0 Å². The first-order valence-electron chi connectivity index (χ1n) is 11.8. The van der Waals surface area contributed by atoms with Crippen LogP contribution in [-0.4, -0.2) is 57.6 Å². The number of likely N-dealkylation sites (N-methyl/N-ethyl adjacent to an activating group) is 1. The summed E-state index contributed by atoms with van der Waals surface area (Å²) in [5.74, 6) is 0.171. The maximum atomic E-state index is 13.6. The topological polar surface area (TPSA) is 96.0 Å². The number of amides is 2. The van der Waals surface area contributed by atoms with Crippen LogP contribution in [0.5, 0.6) is 5.75 Å². The molecule has 0 saturated carbocycles. The molecule has 0 aliphatic heterocycles. The zero-order valence-corrected chi connectivity index (χ0v) is 22.3. The molecule has 2 amide bonds. The van der Waals surface area contributed by atoms with Crippen LogP contribution in [0.2, 0.25) is 0 Å². The number of benzene rings is 2. The van der Waals surface area contributed by atoms with Crippen molar-refractivity contribution in [3.63, 3.8) is 0 Å². The van der Waals surface area contributed by atoms with Crippen LogP contribution in [0, 0.1) is 0 Å². The highest BCUT2D eigenvalue weighted by molar-refractivity contribution is 7.92. The number of nitrogens with one attached hydrogen (secondary N) is 1. The fraction of sp³-hybridized carbons (Fsp3) is 0.462. The normalized spacial score (nSPS) is 12.2. The number of nitrogens with zero attached hydrogens (tertiary/aromatic N) is 2. The standard InChI is InChI=1S/C26H37N3O5S/c1-7-24(26(31)27-8-2)28(17-20-10-9-11-23(16-20)34-5)25(30)18-29(35(6,32)33)22-14-12-21(13-15-22)19(3)4/h9-16,19,24H,7-8,17-18H2,1-6H3,(H,27,31). The van der Waals surface area contributed by atoms with Gasteiger partial charge in [-0.3, -0.25) is 13.9 Å². The molecule has 2 rings (SSSR count). The molecule has 192 valence electrons. The maximum absolute atomic E-state index is 13.6. The highest BCUT2D eigenvalue weighted by Gasteiger charge is 2.31. The number of carbonyl (C=O) groups is 2. The van der Waals surface area contributed by atoms with Crippen LogP contribution in [0.25, 0.3) is 0 Å². The summed E-state index contributed by atoms with van der Waals surface area (Å²) < 4.78 is 31.8. The first kappa shape index (κ1) is 28.2. The van der Waals surface area contributed by atoms with Gasteiger partial charge in [-0.15, -0.1) is 0 Å². The third kappa shape index (κ3) is 7.71. The first-order chi connectivity index (χ1) is 16.5. The zero-order valence-electron chi connectivity index (χ0n) is 21.4. The fourth-order valence-electron chi connectivity index (χ4n) is 3.82. The molecule has 2 aromatic carbocycles. The molecule has 0 heterocycles. The summed E-state index contributed by atoms with van der Waals surface area (Å²) in [4.78, 5) is 27.9. The minimum atomic E-state index is -3.76. The van der Waals surface area contributed by atoms with Crippen molar-refractivity contribution in [1.82, 2.24) is 10.2 Å². The van der Waals surface area contributed by atoms with Crippen molar-refractivity contribution in [2.75, 3.05) is 30.8 Å². The van der Waals surface area contributed by atoms with Gasteiger partial charge in [0.05, 0.1) is 19.1 Å². The molecule has 9 heteroatoms. The van der Waals surface area contributed by atoms with E-state index in [1.807, 2.05) is 38.1 Å². The van der Waals surface area contributed by atoms with E-state index in [4.69, 9.17) is 4.74 Å². The quantitative estimate of drug-likeness (QED) is 0.478. The predicted octanol–water partition coefficient (Wildman–Crippen LogP) is 3.53. The summed E-state index contributed by atoms with van der Waals surface area (Å²) in [5.41, 5.74) is 2.24. The van der Waals surface area contributed by atoms with Crippen molar-refractivity contribution in [3.8, 4) is 5.75 Å². The molecule has 35 heavy (non-hydrogen) atoms. The summed E-state index contributed by atoms with van der Waals surface area (Å²) >= 11 is 0. The van der Waals surface area contributed by atoms with E-state index in [1.54, 1.807) is 31.4 Å². The Morgan fingerprint density at radius 2 is 1.71 bits per heavy atom. The molecule has 0 radical (unpaired) electrons. The molecule has 2 aromatic rings. The molecular weight excluding hydrogens is 466 g/mol. The smallest absolute Gasteiger partial charge is 0.244 e. The Kier molecular flexibility index (Phi) is 10.1. The Morgan fingerprint density at radius 3 is 2.23 bits per heavy atom. The molecule has 0 fully saturated rings. The van der Waals surface area contributed by atoms with Crippen LogP contribution in [0.1, 0.15) is 51.2 Å². The van der Waals surface area contributed by atoms with Gasteiger partial charge in [-0.05, 0) is 54.7 Å². The van der Waals surface area contributed by atoms with Gasteiger partial charge in [-0.2, -0.15) is 0 Å². The van der Waals surface area contributed by atoms with Gasteiger partial charge in [-0.1, -0.05) is 45.0 Å². The minimum Gasteiger partial charge on any atom is -0.497 e. The molecule has 1 N–H and O–H groups in total. The molecular formula is C26H37N3O5S. The van der Waals surface area contributed by atoms with E-state index in [2.05, 4.69) is 19.2 Å². The van der Waals surface area contributed by atoms with E-state index < -0.39 is 28.5 Å². The molecule has 0 aliphatic carbocycles. The SMILES string of the molecule is CCNC(=O)C(CC)N(Cc1cccc(OC)c1)C(=O)CN(c1ccc(C(C)C)cc1)S(C)(=O)=O. The van der Waals surface area contributed by atoms with Gasteiger partial charge in [0.1, 0.15) is 18.3 Å². The highest BCUT2D eigenvalue weighted by Crippen LogP contribution is 2.23. The molecule has 0 spiro atoms. The van der Waals surface area contributed by atoms with E-state index in [1.165, 1.54) is 4.90 Å². The second kappa shape index (κ2) is 12.6. The van der Waals surface area contributed by atoms with Crippen molar-refractivity contribution < 1.29 is 22.7 Å². The van der Waals surface area contributed by atoms with Crippen molar-refractivity contribution in [1.29, 1.82) is 0 Å². The number of carbonyl (C=O) groups excluding carboxylic acids is 2. The van der Waals surface area contributed by atoms with Gasteiger partial charge in [0, 0.05) is 13.1 Å². The largest absolute Gasteiger partial charge is 0.497 e. The Morgan fingerprint density at radius 1 is 1.06 bits per heavy atom. The van der Waals surface area contributed by atoms with E-state index >= 15 is 0 Å². The van der Waals surface area contributed by atoms with E-state index in [-0.39, 0.29) is 18.4 Å². The molecule has 0 aromatic heterocycles. The van der Waals surface area contributed by atoms with Crippen LogP contribution in [-0.2, 0) is 26.2 Å². The van der Waals surface area contributed by atoms with Gasteiger partial charge in [0.25, 0.3) is 0 Å². The van der Waals surface area contributed by atoms with E-state index in [0.29, 0.717) is 24.4 Å². The number of rotatable bonds is 12. The fourth-order valence-corrected chi connectivity index (χ4v) is 4.67. The Labute approximate surface area is 209 Å². The Hall–Kier alpha value is -3.07. The summed E-state index contributed by atoms with van der Waals surface area (Å²) in [5, 5.41) is 2.78. The number of anilines is 1. The number of ether oxygens (including phenoxy) is 1. The summed E-state index contributed by atoms with van der Waals surface area (Å²) in [6.45, 7) is 7.88. The van der Waals surface area contributed by atoms with Gasteiger partial charge in [-0.25, -0.2) is 8.42 Å². The van der Waals surface area contributed by atoms with Gasteiger partial charge in [0.15, 0.2) is 0 Å². The second-order valence-corrected chi connectivity index (χ2v) is 10.6. The third-order valence-electron chi connectivity index (χ3n) is 5.75. The highest BCUT2D eigenvalue weighted by atomic mass is 32.2. The van der Waals surface area contributed by atoms with E-state index in [9.17, 15) is 18.0 Å². The van der Waals surface area contributed by atoms with Gasteiger partial charge < -0.3 is 15.0 Å². The van der Waals surface area contributed by atoms with Crippen LogP contribution in [0.15, 0.2) is 48.5 Å². The van der Waals surface area contributed by atoms with E-state index in [0.717, 1.165) is 21.7 Å². The van der Waals surface area contributed by atoms with Crippen molar-refractivity contribution >= 4 is 27.5 Å². The average molecular weight is 504 g/mol. The molecule has 8 nitrogen and oxygen atoms in total. The lowest BCUT2D eigenvalue weighted by Crippen LogP contribution is -2.52. The number of hydrogen-bond donors (Lipinski definition) is 1. The van der Waals surface area contributed by atoms with Crippen LogP contribution >= 0.6 is 0 Å². The monoisotopic (exact) mass is 503 g/mol. The lowest BCUT2D eigenvalue weighted by atomic mass is 10.0. The van der Waals surface area contributed by atoms with Crippen molar-refractivity contribution in [2.45, 2.75) is 52.6 Å². The summed E-state index contributed by atoms with van der Waals surface area (Å²) in [7, 11) is -2.21. The summed E-state index contributed by atoms with van der Waals surface area (Å²) in [6.07, 6.45) is 1.45. The third-order valence-corrected chi connectivity index (χ3v) is 6.89. The lowest BCUT2D eigenvalue weighted by molar-refractivity contribution is -0.140. The molecule has 0 bridgehead atoms. The van der Waals surface area contributed by atoms with Crippen molar-refractivity contribution in [3.05, 3.63) is 59.7 Å². The van der Waals surface area contributed by atoms with Crippen LogP contribution < -0.4 is 14.4 Å². The zero-order chi connectivity index (χ0) is 26.2. The average Bonchev–Trinajstić information content (AvgIpc) is 2.82. The Balaban J connectivity index is 2.43. The molecule has 1 atom stereocenters. The molecule has 1 unspecified atom stereocenters. The maximum Gasteiger partial charge on any atom is 0.244 e. The lowest BCUT2D eigenvalue weighted by Gasteiger charge is -2.33. The first-order valence-corrected chi connectivity index (χ1v) is 13.6.